The molecule has 0 aliphatic heterocycles. The fourth-order valence-electron chi connectivity index (χ4n) is 3.82. The topological polar surface area (TPSA) is 111 Å². The van der Waals surface area contributed by atoms with Crippen molar-refractivity contribution in [3.05, 3.63) is 89.2 Å². The van der Waals surface area contributed by atoms with Gasteiger partial charge in [-0.15, -0.1) is 0 Å². The highest BCUT2D eigenvalue weighted by molar-refractivity contribution is 6.09. The molecule has 0 unspecified atom stereocenters. The van der Waals surface area contributed by atoms with E-state index in [0.29, 0.717) is 28.9 Å². The van der Waals surface area contributed by atoms with Crippen molar-refractivity contribution in [1.82, 2.24) is 9.97 Å². The molecule has 0 radical (unpaired) electrons. The number of anilines is 2. The number of ether oxygens (including phenoxy) is 1. The summed E-state index contributed by atoms with van der Waals surface area (Å²) in [6.07, 6.45) is 0. The number of rotatable bonds is 8. The van der Waals surface area contributed by atoms with Gasteiger partial charge in [-0.05, 0) is 62.4 Å². The van der Waals surface area contributed by atoms with Gasteiger partial charge in [0.25, 0.3) is 5.91 Å². The van der Waals surface area contributed by atoms with Gasteiger partial charge < -0.3 is 15.0 Å². The van der Waals surface area contributed by atoms with Gasteiger partial charge in [-0.3, -0.25) is 14.5 Å². The molecule has 0 bridgehead atoms. The lowest BCUT2D eigenvalue weighted by Crippen LogP contribution is -2.37. The number of nitrogens with zero attached hydrogens (tertiary/aromatic N) is 3. The smallest absolute Gasteiger partial charge is 0.326 e. The second-order valence-electron chi connectivity index (χ2n) is 7.89. The number of nitriles is 1. The third-order valence-electron chi connectivity index (χ3n) is 5.55. The largest absolute Gasteiger partial charge is 0.465 e. The number of hydrogen-bond acceptors (Lipinski definition) is 6. The van der Waals surface area contributed by atoms with E-state index < -0.39 is 5.97 Å². The van der Waals surface area contributed by atoms with Crippen molar-refractivity contribution in [2.45, 2.75) is 20.4 Å². The molecule has 0 spiro atoms. The van der Waals surface area contributed by atoms with E-state index in [0.717, 1.165) is 22.6 Å². The lowest BCUT2D eigenvalue weighted by molar-refractivity contribution is -0.141. The van der Waals surface area contributed by atoms with Crippen molar-refractivity contribution in [2.75, 3.05) is 23.4 Å². The minimum Gasteiger partial charge on any atom is -0.465 e. The molecular formula is C27H25N5O3. The molecule has 8 nitrogen and oxygen atoms in total. The van der Waals surface area contributed by atoms with Gasteiger partial charge in [0, 0.05) is 22.5 Å². The van der Waals surface area contributed by atoms with Crippen LogP contribution < -0.4 is 10.2 Å². The zero-order valence-electron chi connectivity index (χ0n) is 19.5. The van der Waals surface area contributed by atoms with Gasteiger partial charge in [0.05, 0.1) is 35.8 Å². The number of aromatic nitrogens is 2. The number of esters is 1. The molecule has 35 heavy (non-hydrogen) atoms. The number of nitrogens with one attached hydrogen (secondary N) is 2. The molecule has 0 aliphatic carbocycles. The summed E-state index contributed by atoms with van der Waals surface area (Å²) < 4.78 is 5.12. The molecule has 3 aromatic carbocycles. The SMILES string of the molecule is CCOC(=O)CN(C(=O)c1ccccc1)c1ccc2[nH]c(CNc3ccc(C#N)cc3)nc2c1C. The quantitative estimate of drug-likeness (QED) is 0.367. The monoisotopic (exact) mass is 467 g/mol. The zero-order valence-corrected chi connectivity index (χ0v) is 19.5. The summed E-state index contributed by atoms with van der Waals surface area (Å²) in [5.41, 5.74) is 4.86. The maximum Gasteiger partial charge on any atom is 0.326 e. The maximum atomic E-state index is 13.3. The van der Waals surface area contributed by atoms with Crippen LogP contribution in [0.3, 0.4) is 0 Å². The fourth-order valence-corrected chi connectivity index (χ4v) is 3.82. The van der Waals surface area contributed by atoms with Gasteiger partial charge in [0.15, 0.2) is 0 Å². The Morgan fingerprint density at radius 3 is 2.51 bits per heavy atom. The number of fused-ring (bicyclic) bond motifs is 1. The molecule has 0 saturated carbocycles. The van der Waals surface area contributed by atoms with Crippen molar-refractivity contribution >= 4 is 34.3 Å². The van der Waals surface area contributed by atoms with Crippen LogP contribution in [0.5, 0.6) is 0 Å². The summed E-state index contributed by atoms with van der Waals surface area (Å²) in [7, 11) is 0. The number of benzene rings is 3. The van der Waals surface area contributed by atoms with Gasteiger partial charge in [-0.25, -0.2) is 4.98 Å². The summed E-state index contributed by atoms with van der Waals surface area (Å²) in [5, 5.41) is 12.2. The lowest BCUT2D eigenvalue weighted by Gasteiger charge is -2.24. The van der Waals surface area contributed by atoms with Crippen LogP contribution in [0.1, 0.15) is 34.2 Å². The number of hydrogen-bond donors (Lipinski definition) is 2. The van der Waals surface area contributed by atoms with Gasteiger partial charge in [-0.2, -0.15) is 5.26 Å². The summed E-state index contributed by atoms with van der Waals surface area (Å²) in [5.74, 6) is -0.0547. The average Bonchev–Trinajstić information content (AvgIpc) is 3.31. The van der Waals surface area contributed by atoms with E-state index in [1.165, 1.54) is 4.90 Å². The van der Waals surface area contributed by atoms with E-state index in [2.05, 4.69) is 16.4 Å². The number of aromatic amines is 1. The van der Waals surface area contributed by atoms with E-state index >= 15 is 0 Å². The van der Waals surface area contributed by atoms with Gasteiger partial charge in [0.2, 0.25) is 0 Å². The van der Waals surface area contributed by atoms with Crippen LogP contribution in [0, 0.1) is 18.3 Å². The Balaban J connectivity index is 1.62. The summed E-state index contributed by atoms with van der Waals surface area (Å²) in [6, 6.07) is 21.8. The second-order valence-corrected chi connectivity index (χ2v) is 7.89. The molecule has 176 valence electrons. The fraction of sp³-hybridized carbons (Fsp3) is 0.185. The van der Waals surface area contributed by atoms with Crippen LogP contribution in [0.15, 0.2) is 66.7 Å². The molecule has 0 fully saturated rings. The van der Waals surface area contributed by atoms with Crippen LogP contribution >= 0.6 is 0 Å². The summed E-state index contributed by atoms with van der Waals surface area (Å²) >= 11 is 0. The van der Waals surface area contributed by atoms with Gasteiger partial charge in [0.1, 0.15) is 12.4 Å². The zero-order chi connectivity index (χ0) is 24.8. The first kappa shape index (κ1) is 23.5. The van der Waals surface area contributed by atoms with Gasteiger partial charge >= 0.3 is 5.97 Å². The lowest BCUT2D eigenvalue weighted by atomic mass is 10.1. The minimum absolute atomic E-state index is 0.203. The summed E-state index contributed by atoms with van der Waals surface area (Å²) in [4.78, 5) is 35.1. The van der Waals surface area contributed by atoms with Crippen molar-refractivity contribution in [3.63, 3.8) is 0 Å². The summed E-state index contributed by atoms with van der Waals surface area (Å²) in [6.45, 7) is 4.10. The van der Waals surface area contributed by atoms with E-state index in [-0.39, 0.29) is 19.1 Å². The third-order valence-corrected chi connectivity index (χ3v) is 5.55. The maximum absolute atomic E-state index is 13.3. The molecule has 0 atom stereocenters. The molecule has 1 aromatic heterocycles. The highest BCUT2D eigenvalue weighted by Gasteiger charge is 2.24. The molecule has 1 heterocycles. The molecule has 4 rings (SSSR count). The van der Waals surface area contributed by atoms with Crippen molar-refractivity contribution in [2.24, 2.45) is 0 Å². The molecule has 4 aromatic rings. The highest BCUT2D eigenvalue weighted by Crippen LogP contribution is 2.28. The van der Waals surface area contributed by atoms with Crippen LogP contribution in [-0.4, -0.2) is 35.0 Å². The van der Waals surface area contributed by atoms with Crippen LogP contribution in [0.4, 0.5) is 11.4 Å². The number of H-pyrrole nitrogens is 1. The highest BCUT2D eigenvalue weighted by atomic mass is 16.5. The van der Waals surface area contributed by atoms with E-state index in [4.69, 9.17) is 15.0 Å². The Bertz CT molecular complexity index is 1390. The molecule has 8 heteroatoms. The first-order valence-corrected chi connectivity index (χ1v) is 11.2. The minimum atomic E-state index is -0.481. The number of amides is 1. The van der Waals surface area contributed by atoms with Crippen molar-refractivity contribution in [1.29, 1.82) is 5.26 Å². The number of aryl methyl sites for hydroxylation is 1. The predicted octanol–water partition coefficient (Wildman–Crippen LogP) is 4.57. The number of carbonyl (C=O) groups is 2. The molecule has 0 saturated heterocycles. The van der Waals surface area contributed by atoms with E-state index in [9.17, 15) is 9.59 Å². The molecule has 2 N–H and O–H groups in total. The molecule has 0 aliphatic rings. The Morgan fingerprint density at radius 2 is 1.83 bits per heavy atom. The average molecular weight is 468 g/mol. The van der Waals surface area contributed by atoms with Crippen molar-refractivity contribution in [3.8, 4) is 6.07 Å². The first-order chi connectivity index (χ1) is 17.0. The number of imidazole rings is 1. The number of carbonyl (C=O) groups excluding carboxylic acids is 2. The Hall–Kier alpha value is -4.64. The van der Waals surface area contributed by atoms with E-state index in [1.807, 2.05) is 37.3 Å². The van der Waals surface area contributed by atoms with Crippen LogP contribution in [0.2, 0.25) is 0 Å². The molecular weight excluding hydrogens is 442 g/mol. The van der Waals surface area contributed by atoms with Crippen LogP contribution in [-0.2, 0) is 16.1 Å². The second kappa shape index (κ2) is 10.5. The van der Waals surface area contributed by atoms with Crippen molar-refractivity contribution < 1.29 is 14.3 Å². The Morgan fingerprint density at radius 1 is 1.09 bits per heavy atom. The van der Waals surface area contributed by atoms with E-state index in [1.54, 1.807) is 43.3 Å². The standard InChI is InChI=1S/C27H25N5O3/c1-3-35-25(33)17-32(27(34)20-7-5-4-6-8-20)23-14-13-22-26(18(23)2)31-24(30-22)16-29-21-11-9-19(15-28)10-12-21/h4-14,29H,3,16-17H2,1-2H3,(H,30,31). The molecule has 1 amide bonds. The Labute approximate surface area is 203 Å². The Kier molecular flexibility index (Phi) is 7.07. The van der Waals surface area contributed by atoms with Crippen LogP contribution in [0.25, 0.3) is 11.0 Å². The predicted molar refractivity (Wildman–Crippen MR) is 134 cm³/mol. The first-order valence-electron chi connectivity index (χ1n) is 11.2. The normalized spacial score (nSPS) is 10.5. The third kappa shape index (κ3) is 5.31. The van der Waals surface area contributed by atoms with Gasteiger partial charge in [-0.1, -0.05) is 18.2 Å².